The Balaban J connectivity index is 2.35. The van der Waals surface area contributed by atoms with E-state index in [0.29, 0.717) is 11.3 Å². The highest BCUT2D eigenvalue weighted by Gasteiger charge is 2.19. The maximum atomic E-state index is 12.1. The van der Waals surface area contributed by atoms with E-state index in [0.717, 1.165) is 11.3 Å². The van der Waals surface area contributed by atoms with Crippen molar-refractivity contribution in [2.24, 2.45) is 0 Å². The summed E-state index contributed by atoms with van der Waals surface area (Å²) in [6.07, 6.45) is 1.31. The van der Waals surface area contributed by atoms with Crippen LogP contribution in [-0.4, -0.2) is 22.0 Å². The summed E-state index contributed by atoms with van der Waals surface area (Å²) in [5, 5.41) is 13.2. The fraction of sp³-hybridized carbons (Fsp3) is 0.154. The second-order valence-electron chi connectivity index (χ2n) is 4.28. The minimum Gasteiger partial charge on any atom is -0.477 e. The van der Waals surface area contributed by atoms with E-state index in [1.165, 1.54) is 12.3 Å². The van der Waals surface area contributed by atoms with Gasteiger partial charge in [-0.3, -0.25) is 9.59 Å². The Hall–Kier alpha value is -2.41. The van der Waals surface area contributed by atoms with Gasteiger partial charge in [-0.1, -0.05) is 0 Å². The van der Waals surface area contributed by atoms with Crippen molar-refractivity contribution in [1.82, 2.24) is 4.98 Å². The van der Waals surface area contributed by atoms with Crippen molar-refractivity contribution < 1.29 is 14.7 Å². The molecule has 0 aliphatic rings. The molecular formula is C13H12N2O4S. The Kier molecular flexibility index (Phi) is 3.71. The number of carboxylic acid groups (broad SMARTS) is 1. The van der Waals surface area contributed by atoms with Gasteiger partial charge in [0, 0.05) is 18.0 Å². The zero-order valence-corrected chi connectivity index (χ0v) is 11.6. The van der Waals surface area contributed by atoms with E-state index in [9.17, 15) is 14.4 Å². The normalized spacial score (nSPS) is 10.3. The average molecular weight is 292 g/mol. The van der Waals surface area contributed by atoms with E-state index in [1.54, 1.807) is 19.2 Å². The molecular weight excluding hydrogens is 280 g/mol. The van der Waals surface area contributed by atoms with Crippen LogP contribution in [0.25, 0.3) is 0 Å². The number of anilines is 1. The van der Waals surface area contributed by atoms with Gasteiger partial charge in [-0.25, -0.2) is 4.79 Å². The average Bonchev–Trinajstić information content (AvgIpc) is 2.71. The third-order valence-corrected chi connectivity index (χ3v) is 3.80. The maximum Gasteiger partial charge on any atom is 0.348 e. The summed E-state index contributed by atoms with van der Waals surface area (Å²) in [6.45, 7) is 3.40. The molecule has 0 saturated carbocycles. The van der Waals surface area contributed by atoms with Crippen LogP contribution >= 0.6 is 11.3 Å². The number of carbonyl (C=O) groups is 2. The maximum absolute atomic E-state index is 12.1. The van der Waals surface area contributed by atoms with Crippen LogP contribution in [0.3, 0.4) is 0 Å². The molecule has 0 aliphatic carbocycles. The van der Waals surface area contributed by atoms with Crippen LogP contribution in [0.4, 0.5) is 5.69 Å². The second kappa shape index (κ2) is 5.30. The van der Waals surface area contributed by atoms with Gasteiger partial charge >= 0.3 is 5.97 Å². The molecule has 7 heteroatoms. The standard InChI is InChI=1S/C13H12N2O4S/c1-6-5-20-11(13(18)19)10(6)15-12(17)8-4-14-7(2)3-9(8)16/h3-5H,1-2H3,(H,14,16)(H,15,17)(H,18,19). The molecule has 3 N–H and O–H groups in total. The summed E-state index contributed by atoms with van der Waals surface area (Å²) >= 11 is 1.03. The van der Waals surface area contributed by atoms with Crippen LogP contribution < -0.4 is 10.7 Å². The number of carbonyl (C=O) groups excluding carboxylic acids is 1. The molecule has 0 aromatic carbocycles. The summed E-state index contributed by atoms with van der Waals surface area (Å²) in [5.74, 6) is -1.74. The molecule has 2 aromatic rings. The number of amides is 1. The predicted octanol–water partition coefficient (Wildman–Crippen LogP) is 2.00. The van der Waals surface area contributed by atoms with Crippen molar-refractivity contribution in [1.29, 1.82) is 0 Å². The van der Waals surface area contributed by atoms with Crippen molar-refractivity contribution in [2.45, 2.75) is 13.8 Å². The number of hydrogen-bond acceptors (Lipinski definition) is 4. The van der Waals surface area contributed by atoms with Gasteiger partial charge in [0.1, 0.15) is 10.4 Å². The van der Waals surface area contributed by atoms with Crippen LogP contribution in [0.2, 0.25) is 0 Å². The zero-order chi connectivity index (χ0) is 14.9. The van der Waals surface area contributed by atoms with Gasteiger partial charge in [-0.05, 0) is 24.8 Å². The number of aromatic carboxylic acids is 1. The largest absolute Gasteiger partial charge is 0.477 e. The molecule has 2 heterocycles. The fourth-order valence-corrected chi connectivity index (χ4v) is 2.53. The van der Waals surface area contributed by atoms with Crippen LogP contribution in [0.15, 0.2) is 22.4 Å². The second-order valence-corrected chi connectivity index (χ2v) is 5.16. The van der Waals surface area contributed by atoms with Crippen LogP contribution in [0.1, 0.15) is 31.3 Å². The minimum absolute atomic E-state index is 0.0411. The third-order valence-electron chi connectivity index (χ3n) is 2.71. The smallest absolute Gasteiger partial charge is 0.348 e. The molecule has 0 unspecified atom stereocenters. The Morgan fingerprint density at radius 2 is 2.05 bits per heavy atom. The highest BCUT2D eigenvalue weighted by Crippen LogP contribution is 2.27. The number of rotatable bonds is 3. The number of hydrogen-bond donors (Lipinski definition) is 3. The Bertz CT molecular complexity index is 745. The Morgan fingerprint density at radius 1 is 1.35 bits per heavy atom. The van der Waals surface area contributed by atoms with Crippen molar-refractivity contribution in [3.63, 3.8) is 0 Å². The summed E-state index contributed by atoms with van der Waals surface area (Å²) in [4.78, 5) is 37.6. The number of H-pyrrole nitrogens is 1. The quantitative estimate of drug-likeness (QED) is 0.805. The first kappa shape index (κ1) is 14.0. The van der Waals surface area contributed by atoms with Crippen molar-refractivity contribution >= 4 is 28.9 Å². The molecule has 2 rings (SSSR count). The molecule has 0 saturated heterocycles. The monoisotopic (exact) mass is 292 g/mol. The lowest BCUT2D eigenvalue weighted by Crippen LogP contribution is -2.22. The van der Waals surface area contributed by atoms with Crippen molar-refractivity contribution in [3.05, 3.63) is 49.6 Å². The molecule has 0 fully saturated rings. The molecule has 0 atom stereocenters. The number of aromatic nitrogens is 1. The molecule has 6 nitrogen and oxygen atoms in total. The summed E-state index contributed by atoms with van der Waals surface area (Å²) in [6, 6.07) is 1.31. The van der Waals surface area contributed by atoms with Gasteiger partial charge < -0.3 is 15.4 Å². The SMILES string of the molecule is Cc1cc(=O)c(C(=O)Nc2c(C)csc2C(=O)O)c[nH]1. The highest BCUT2D eigenvalue weighted by atomic mass is 32.1. The van der Waals surface area contributed by atoms with Gasteiger partial charge in [0.15, 0.2) is 5.43 Å². The highest BCUT2D eigenvalue weighted by molar-refractivity contribution is 7.12. The number of aryl methyl sites for hydroxylation is 2. The van der Waals surface area contributed by atoms with E-state index in [4.69, 9.17) is 5.11 Å². The number of aromatic amines is 1. The molecule has 2 aromatic heterocycles. The first-order chi connectivity index (χ1) is 9.40. The Labute approximate surface area is 118 Å². The first-order valence-corrected chi connectivity index (χ1v) is 6.60. The van der Waals surface area contributed by atoms with E-state index >= 15 is 0 Å². The van der Waals surface area contributed by atoms with Gasteiger partial charge in [-0.2, -0.15) is 0 Å². The molecule has 1 amide bonds. The van der Waals surface area contributed by atoms with Gasteiger partial charge in [0.05, 0.1) is 5.69 Å². The summed E-state index contributed by atoms with van der Waals surface area (Å²) in [7, 11) is 0. The molecule has 104 valence electrons. The van der Waals surface area contributed by atoms with Crippen LogP contribution in [0.5, 0.6) is 0 Å². The van der Waals surface area contributed by atoms with E-state index < -0.39 is 17.3 Å². The number of pyridine rings is 1. The van der Waals surface area contributed by atoms with Crippen LogP contribution in [0, 0.1) is 13.8 Å². The van der Waals surface area contributed by atoms with E-state index in [2.05, 4.69) is 10.3 Å². The number of thiophene rings is 1. The predicted molar refractivity (Wildman–Crippen MR) is 75.8 cm³/mol. The first-order valence-electron chi connectivity index (χ1n) is 5.72. The molecule has 0 radical (unpaired) electrons. The lowest BCUT2D eigenvalue weighted by atomic mass is 10.2. The minimum atomic E-state index is -1.11. The molecule has 0 aliphatic heterocycles. The molecule has 0 bridgehead atoms. The van der Waals surface area contributed by atoms with Gasteiger partial charge in [-0.15, -0.1) is 11.3 Å². The van der Waals surface area contributed by atoms with Gasteiger partial charge in [0.2, 0.25) is 0 Å². The van der Waals surface area contributed by atoms with E-state index in [1.807, 2.05) is 0 Å². The lowest BCUT2D eigenvalue weighted by molar-refractivity contribution is 0.0703. The molecule has 20 heavy (non-hydrogen) atoms. The van der Waals surface area contributed by atoms with Crippen LogP contribution in [-0.2, 0) is 0 Å². The number of nitrogens with one attached hydrogen (secondary N) is 2. The van der Waals surface area contributed by atoms with Crippen molar-refractivity contribution in [2.75, 3.05) is 5.32 Å². The molecule has 0 spiro atoms. The fourth-order valence-electron chi connectivity index (χ4n) is 1.69. The summed E-state index contributed by atoms with van der Waals surface area (Å²) in [5.41, 5.74) is 1.04. The number of carboxylic acids is 1. The van der Waals surface area contributed by atoms with E-state index in [-0.39, 0.29) is 16.1 Å². The lowest BCUT2D eigenvalue weighted by Gasteiger charge is -2.06. The van der Waals surface area contributed by atoms with Crippen molar-refractivity contribution in [3.8, 4) is 0 Å². The van der Waals surface area contributed by atoms with Gasteiger partial charge in [0.25, 0.3) is 5.91 Å². The topological polar surface area (TPSA) is 99.3 Å². The zero-order valence-electron chi connectivity index (χ0n) is 10.8. The third kappa shape index (κ3) is 2.62. The summed E-state index contributed by atoms with van der Waals surface area (Å²) < 4.78 is 0. The Morgan fingerprint density at radius 3 is 2.65 bits per heavy atom.